The Morgan fingerprint density at radius 3 is 2.52 bits per heavy atom. The van der Waals surface area contributed by atoms with Gasteiger partial charge in [0.25, 0.3) is 0 Å². The summed E-state index contributed by atoms with van der Waals surface area (Å²) in [6.07, 6.45) is 12.1. The molecule has 2 N–H and O–H groups in total. The number of likely N-dealkylation sites (tertiary alicyclic amines) is 1. The number of aromatic nitrogens is 2. The fourth-order valence-electron chi connectivity index (χ4n) is 4.78. The fraction of sp³-hybridized carbons (Fsp3) is 0.583. The van der Waals surface area contributed by atoms with Gasteiger partial charge in [-0.2, -0.15) is 5.10 Å². The minimum atomic E-state index is -0.237. The van der Waals surface area contributed by atoms with E-state index in [0.29, 0.717) is 6.04 Å². The van der Waals surface area contributed by atoms with E-state index in [4.69, 9.17) is 0 Å². The van der Waals surface area contributed by atoms with Crippen LogP contribution in [-0.2, 0) is 6.42 Å². The van der Waals surface area contributed by atoms with E-state index < -0.39 is 0 Å². The average Bonchev–Trinajstić information content (AvgIpc) is 3.29. The van der Waals surface area contributed by atoms with E-state index >= 15 is 0 Å². The highest BCUT2D eigenvalue weighted by Gasteiger charge is 2.26. The van der Waals surface area contributed by atoms with Gasteiger partial charge < -0.3 is 15.5 Å². The highest BCUT2D eigenvalue weighted by atomic mass is 19.1. The molecule has 1 aliphatic carbocycles. The second kappa shape index (κ2) is 10.8. The van der Waals surface area contributed by atoms with E-state index in [2.05, 4.69) is 25.6 Å². The first-order valence-corrected chi connectivity index (χ1v) is 11.7. The van der Waals surface area contributed by atoms with Crippen molar-refractivity contribution < 1.29 is 4.39 Å². The predicted molar refractivity (Wildman–Crippen MR) is 123 cm³/mol. The van der Waals surface area contributed by atoms with E-state index in [-0.39, 0.29) is 5.82 Å². The molecule has 1 aliphatic heterocycles. The maximum absolute atomic E-state index is 13.1. The first-order valence-electron chi connectivity index (χ1n) is 11.7. The van der Waals surface area contributed by atoms with E-state index in [1.54, 1.807) is 16.8 Å². The highest BCUT2D eigenvalue weighted by molar-refractivity contribution is 5.79. The predicted octanol–water partition coefficient (Wildman–Crippen LogP) is 3.52. The highest BCUT2D eigenvalue weighted by Crippen LogP contribution is 2.25. The largest absolute Gasteiger partial charge is 0.356 e. The molecule has 7 heteroatoms. The number of hydrogen-bond donors (Lipinski definition) is 2. The third kappa shape index (κ3) is 6.06. The van der Waals surface area contributed by atoms with Crippen molar-refractivity contribution in [2.45, 2.75) is 63.5 Å². The average molecular weight is 427 g/mol. The summed E-state index contributed by atoms with van der Waals surface area (Å²) in [7, 11) is 1.83. The van der Waals surface area contributed by atoms with Crippen LogP contribution in [0.4, 0.5) is 4.39 Å². The summed E-state index contributed by atoms with van der Waals surface area (Å²) in [4.78, 5) is 7.12. The van der Waals surface area contributed by atoms with Gasteiger partial charge in [-0.05, 0) is 56.0 Å². The van der Waals surface area contributed by atoms with E-state index in [9.17, 15) is 4.39 Å². The lowest BCUT2D eigenvalue weighted by atomic mass is 9.92. The van der Waals surface area contributed by atoms with Crippen LogP contribution in [0.15, 0.2) is 41.5 Å². The van der Waals surface area contributed by atoms with Crippen LogP contribution < -0.4 is 10.6 Å². The van der Waals surface area contributed by atoms with Crippen molar-refractivity contribution in [2.24, 2.45) is 4.99 Å². The first kappa shape index (κ1) is 21.8. The van der Waals surface area contributed by atoms with Crippen LogP contribution in [0.25, 0.3) is 5.69 Å². The molecule has 1 saturated heterocycles. The van der Waals surface area contributed by atoms with Crippen molar-refractivity contribution in [3.8, 4) is 5.69 Å². The lowest BCUT2D eigenvalue weighted by molar-refractivity contribution is 0.119. The topological polar surface area (TPSA) is 57.5 Å². The van der Waals surface area contributed by atoms with E-state index in [1.807, 2.05) is 19.3 Å². The lowest BCUT2D eigenvalue weighted by Crippen LogP contribution is -2.51. The van der Waals surface area contributed by atoms with Crippen molar-refractivity contribution in [2.75, 3.05) is 26.7 Å². The molecule has 6 nitrogen and oxygen atoms in total. The maximum Gasteiger partial charge on any atom is 0.191 e. The molecule has 0 amide bonds. The summed E-state index contributed by atoms with van der Waals surface area (Å²) < 4.78 is 14.9. The van der Waals surface area contributed by atoms with Gasteiger partial charge in [-0.1, -0.05) is 19.3 Å². The molecular formula is C24H35FN6. The summed E-state index contributed by atoms with van der Waals surface area (Å²) >= 11 is 0. The van der Waals surface area contributed by atoms with Gasteiger partial charge in [-0.15, -0.1) is 0 Å². The summed E-state index contributed by atoms with van der Waals surface area (Å²) in [6.45, 7) is 3.15. The molecule has 0 spiro atoms. The van der Waals surface area contributed by atoms with Crippen molar-refractivity contribution in [3.05, 3.63) is 48.0 Å². The third-order valence-electron chi connectivity index (χ3n) is 6.59. The summed E-state index contributed by atoms with van der Waals surface area (Å²) in [5, 5.41) is 11.6. The monoisotopic (exact) mass is 426 g/mol. The number of nitrogens with zero attached hydrogens (tertiary/aromatic N) is 4. The van der Waals surface area contributed by atoms with Crippen molar-refractivity contribution in [1.29, 1.82) is 0 Å². The standard InChI is InChI=1S/C24H35FN6/c1-26-24(28-20-12-16-30(17-13-20)22-5-3-2-4-6-22)27-15-11-21-14-18-31(29-21)23-9-7-19(25)8-10-23/h7-10,14,18,20,22H,2-6,11-13,15-17H2,1H3,(H2,26,27,28). The van der Waals surface area contributed by atoms with E-state index in [0.717, 1.165) is 36.3 Å². The molecule has 1 aromatic heterocycles. The molecule has 0 radical (unpaired) electrons. The van der Waals surface area contributed by atoms with Gasteiger partial charge in [0.15, 0.2) is 5.96 Å². The molecule has 0 atom stereocenters. The SMILES string of the molecule is CN=C(NCCc1ccn(-c2ccc(F)cc2)n1)NC1CCN(C2CCCCC2)CC1. The van der Waals surface area contributed by atoms with Gasteiger partial charge in [0, 0.05) is 51.4 Å². The van der Waals surface area contributed by atoms with Crippen LogP contribution in [0.2, 0.25) is 0 Å². The molecule has 168 valence electrons. The summed E-state index contributed by atoms with van der Waals surface area (Å²) in [5.41, 5.74) is 1.85. The molecule has 0 unspecified atom stereocenters. The molecule has 2 aliphatic rings. The van der Waals surface area contributed by atoms with Gasteiger partial charge in [0.05, 0.1) is 11.4 Å². The Balaban J connectivity index is 1.19. The molecule has 1 aromatic carbocycles. The number of hydrogen-bond acceptors (Lipinski definition) is 3. The molecule has 2 aromatic rings. The maximum atomic E-state index is 13.1. The normalized spacial score (nSPS) is 19.5. The Labute approximate surface area is 184 Å². The number of piperidine rings is 1. The van der Waals surface area contributed by atoms with Crippen LogP contribution in [0.3, 0.4) is 0 Å². The number of halogens is 1. The number of nitrogens with one attached hydrogen (secondary N) is 2. The fourth-order valence-corrected chi connectivity index (χ4v) is 4.78. The Morgan fingerprint density at radius 1 is 1.06 bits per heavy atom. The van der Waals surface area contributed by atoms with Crippen LogP contribution in [-0.4, -0.2) is 59.4 Å². The van der Waals surface area contributed by atoms with Gasteiger partial charge in [0.2, 0.25) is 0 Å². The minimum Gasteiger partial charge on any atom is -0.356 e. The van der Waals surface area contributed by atoms with Crippen molar-refractivity contribution in [3.63, 3.8) is 0 Å². The minimum absolute atomic E-state index is 0.237. The summed E-state index contributed by atoms with van der Waals surface area (Å²) in [6, 6.07) is 9.68. The molecule has 2 fully saturated rings. The van der Waals surface area contributed by atoms with E-state index in [1.165, 1.54) is 70.2 Å². The zero-order valence-corrected chi connectivity index (χ0v) is 18.6. The van der Waals surface area contributed by atoms with Crippen molar-refractivity contribution in [1.82, 2.24) is 25.3 Å². The number of aliphatic imine (C=N–C) groups is 1. The zero-order valence-electron chi connectivity index (χ0n) is 18.6. The number of benzene rings is 1. The second-order valence-electron chi connectivity index (χ2n) is 8.72. The molecule has 31 heavy (non-hydrogen) atoms. The molecule has 0 bridgehead atoms. The zero-order chi connectivity index (χ0) is 21.5. The summed E-state index contributed by atoms with van der Waals surface area (Å²) in [5.74, 6) is 0.632. The van der Waals surface area contributed by atoms with Crippen LogP contribution >= 0.6 is 0 Å². The third-order valence-corrected chi connectivity index (χ3v) is 6.59. The quantitative estimate of drug-likeness (QED) is 0.548. The Bertz CT molecular complexity index is 832. The van der Waals surface area contributed by atoms with Gasteiger partial charge in [0.1, 0.15) is 5.82 Å². The van der Waals surface area contributed by atoms with Gasteiger partial charge >= 0.3 is 0 Å². The Kier molecular flexibility index (Phi) is 7.57. The lowest BCUT2D eigenvalue weighted by Gasteiger charge is -2.39. The number of guanidine groups is 1. The Morgan fingerprint density at radius 2 is 1.81 bits per heavy atom. The van der Waals surface area contributed by atoms with Crippen LogP contribution in [0.1, 0.15) is 50.6 Å². The second-order valence-corrected chi connectivity index (χ2v) is 8.72. The van der Waals surface area contributed by atoms with Crippen molar-refractivity contribution >= 4 is 5.96 Å². The van der Waals surface area contributed by atoms with Crippen LogP contribution in [0.5, 0.6) is 0 Å². The smallest absolute Gasteiger partial charge is 0.191 e. The molecular weight excluding hydrogens is 391 g/mol. The number of rotatable bonds is 6. The molecule has 4 rings (SSSR count). The molecule has 2 heterocycles. The first-order chi connectivity index (χ1) is 15.2. The van der Waals surface area contributed by atoms with Gasteiger partial charge in [-0.3, -0.25) is 4.99 Å². The van der Waals surface area contributed by atoms with Gasteiger partial charge in [-0.25, -0.2) is 9.07 Å². The van der Waals surface area contributed by atoms with Crippen LogP contribution in [0, 0.1) is 5.82 Å². The Hall–Kier alpha value is -2.41. The molecule has 1 saturated carbocycles.